The van der Waals surface area contributed by atoms with Crippen LogP contribution in [0.25, 0.3) is 0 Å². The Balaban J connectivity index is 2.42. The van der Waals surface area contributed by atoms with Crippen LogP contribution in [0.15, 0.2) is 0 Å². The van der Waals surface area contributed by atoms with Crippen molar-refractivity contribution < 1.29 is 4.79 Å². The van der Waals surface area contributed by atoms with Crippen LogP contribution >= 0.6 is 0 Å². The monoisotopic (exact) mass is 255 g/mol. The number of hydrogen-bond donors (Lipinski definition) is 1. The molecule has 2 unspecified atom stereocenters. The number of likely N-dealkylation sites (tertiary alicyclic amines) is 1. The fraction of sp³-hybridized carbons (Fsp3) is 0.929. The number of piperidine rings is 1. The molecule has 0 saturated carbocycles. The van der Waals surface area contributed by atoms with E-state index in [1.165, 1.54) is 0 Å². The summed E-state index contributed by atoms with van der Waals surface area (Å²) in [7, 11) is 0. The molecule has 1 saturated heterocycles. The zero-order chi connectivity index (χ0) is 13.5. The number of nitrogens with two attached hydrogens (primary N) is 1. The maximum Gasteiger partial charge on any atom is 0.236 e. The summed E-state index contributed by atoms with van der Waals surface area (Å²) in [6.45, 7) is 10.7. The zero-order valence-corrected chi connectivity index (χ0v) is 12.2. The third kappa shape index (κ3) is 4.58. The fourth-order valence-corrected chi connectivity index (χ4v) is 2.59. The smallest absolute Gasteiger partial charge is 0.236 e. The quantitative estimate of drug-likeness (QED) is 0.778. The van der Waals surface area contributed by atoms with Crippen molar-refractivity contribution in [3.63, 3.8) is 0 Å². The number of nitrogens with zero attached hydrogens (tertiary/aromatic N) is 2. The Kier molecular flexibility index (Phi) is 6.65. The van der Waals surface area contributed by atoms with Crippen LogP contribution in [-0.2, 0) is 4.79 Å². The van der Waals surface area contributed by atoms with Crippen molar-refractivity contribution in [1.82, 2.24) is 9.80 Å². The first kappa shape index (κ1) is 15.4. The van der Waals surface area contributed by atoms with Gasteiger partial charge in [-0.05, 0) is 25.2 Å². The summed E-state index contributed by atoms with van der Waals surface area (Å²) in [5, 5.41) is 0. The minimum Gasteiger partial charge on any atom is -0.342 e. The highest BCUT2D eigenvalue weighted by Crippen LogP contribution is 2.14. The Bertz CT molecular complexity index is 251. The van der Waals surface area contributed by atoms with Crippen molar-refractivity contribution in [2.24, 2.45) is 11.7 Å². The van der Waals surface area contributed by atoms with Crippen LogP contribution in [-0.4, -0.2) is 54.5 Å². The molecule has 1 fully saturated rings. The number of amides is 1. The highest BCUT2D eigenvalue weighted by Gasteiger charge is 2.25. The Morgan fingerprint density at radius 1 is 1.33 bits per heavy atom. The second kappa shape index (κ2) is 7.74. The first-order valence-electron chi connectivity index (χ1n) is 7.34. The number of carbonyl (C=O) groups is 1. The van der Waals surface area contributed by atoms with E-state index >= 15 is 0 Å². The maximum atomic E-state index is 12.2. The number of hydrogen-bond acceptors (Lipinski definition) is 3. The molecule has 0 aromatic heterocycles. The van der Waals surface area contributed by atoms with Crippen molar-refractivity contribution in [3.8, 4) is 0 Å². The number of carbonyl (C=O) groups excluding carboxylic acids is 1. The van der Waals surface area contributed by atoms with Gasteiger partial charge in [-0.15, -0.1) is 0 Å². The Morgan fingerprint density at radius 3 is 2.44 bits per heavy atom. The minimum absolute atomic E-state index is 0.279. The second-order valence-electron chi connectivity index (χ2n) is 5.55. The van der Waals surface area contributed by atoms with Gasteiger partial charge in [-0.25, -0.2) is 0 Å². The van der Waals surface area contributed by atoms with Gasteiger partial charge in [0.15, 0.2) is 0 Å². The summed E-state index contributed by atoms with van der Waals surface area (Å²) in [6, 6.07) is 0.304. The average Bonchev–Trinajstić information content (AvgIpc) is 2.33. The summed E-state index contributed by atoms with van der Waals surface area (Å²) in [5.74, 6) is 0.777. The predicted octanol–water partition coefficient (Wildman–Crippen LogP) is 1.30. The molecular weight excluding hydrogens is 226 g/mol. The summed E-state index contributed by atoms with van der Waals surface area (Å²) < 4.78 is 0. The third-order valence-corrected chi connectivity index (χ3v) is 3.75. The van der Waals surface area contributed by atoms with E-state index in [0.717, 1.165) is 45.4 Å². The molecule has 1 aliphatic heterocycles. The molecule has 0 aromatic carbocycles. The van der Waals surface area contributed by atoms with Crippen molar-refractivity contribution in [2.75, 3.05) is 32.7 Å². The molecule has 1 aliphatic rings. The van der Waals surface area contributed by atoms with E-state index in [9.17, 15) is 4.79 Å². The maximum absolute atomic E-state index is 12.2. The largest absolute Gasteiger partial charge is 0.342 e. The Morgan fingerprint density at radius 2 is 1.94 bits per heavy atom. The molecule has 4 nitrogen and oxygen atoms in total. The van der Waals surface area contributed by atoms with Gasteiger partial charge in [0.2, 0.25) is 5.91 Å². The first-order valence-corrected chi connectivity index (χ1v) is 7.34. The highest BCUT2D eigenvalue weighted by molar-refractivity contribution is 5.78. The van der Waals surface area contributed by atoms with E-state index in [1.807, 2.05) is 4.90 Å². The second-order valence-corrected chi connectivity index (χ2v) is 5.55. The van der Waals surface area contributed by atoms with Crippen LogP contribution < -0.4 is 5.73 Å². The van der Waals surface area contributed by atoms with Crippen LogP contribution in [0.3, 0.4) is 0 Å². The van der Waals surface area contributed by atoms with Crippen LogP contribution in [0.1, 0.15) is 40.0 Å². The van der Waals surface area contributed by atoms with Gasteiger partial charge < -0.3 is 10.6 Å². The summed E-state index contributed by atoms with van der Waals surface area (Å²) in [5.41, 5.74) is 6.00. The van der Waals surface area contributed by atoms with Gasteiger partial charge >= 0.3 is 0 Å². The van der Waals surface area contributed by atoms with E-state index in [0.29, 0.717) is 18.5 Å². The van der Waals surface area contributed by atoms with Crippen LogP contribution in [0.2, 0.25) is 0 Å². The summed E-state index contributed by atoms with van der Waals surface area (Å²) in [6.07, 6.45) is 3.08. The summed E-state index contributed by atoms with van der Waals surface area (Å²) in [4.78, 5) is 16.5. The zero-order valence-electron chi connectivity index (χ0n) is 12.2. The molecule has 106 valence electrons. The lowest BCUT2D eigenvalue weighted by atomic mass is 9.95. The standard InChI is InChI=1S/C14H29N3O/c1-4-7-17(8-5-2)14(18)11-16-9-6-13(15)12(3)10-16/h12-13H,4-11,15H2,1-3H3. The topological polar surface area (TPSA) is 49.6 Å². The lowest BCUT2D eigenvalue weighted by molar-refractivity contribution is -0.133. The SMILES string of the molecule is CCCN(CCC)C(=O)CN1CCC(N)C(C)C1. The molecule has 18 heavy (non-hydrogen) atoms. The van der Waals surface area contributed by atoms with Crippen LogP contribution in [0.5, 0.6) is 0 Å². The van der Waals surface area contributed by atoms with Gasteiger partial charge in [-0.2, -0.15) is 0 Å². The number of rotatable bonds is 6. The van der Waals surface area contributed by atoms with Crippen LogP contribution in [0.4, 0.5) is 0 Å². The van der Waals surface area contributed by atoms with E-state index in [2.05, 4.69) is 25.7 Å². The van der Waals surface area contributed by atoms with E-state index in [1.54, 1.807) is 0 Å². The molecule has 2 N–H and O–H groups in total. The van der Waals surface area contributed by atoms with Gasteiger partial charge in [0.05, 0.1) is 6.54 Å². The van der Waals surface area contributed by atoms with Gasteiger partial charge in [-0.1, -0.05) is 20.8 Å². The summed E-state index contributed by atoms with van der Waals surface area (Å²) >= 11 is 0. The molecule has 0 bridgehead atoms. The molecule has 4 heteroatoms. The predicted molar refractivity (Wildman–Crippen MR) is 75.4 cm³/mol. The van der Waals surface area contributed by atoms with Gasteiger partial charge in [0.25, 0.3) is 0 Å². The molecule has 0 aliphatic carbocycles. The van der Waals surface area contributed by atoms with Crippen molar-refractivity contribution in [1.29, 1.82) is 0 Å². The minimum atomic E-state index is 0.279. The van der Waals surface area contributed by atoms with Gasteiger partial charge in [0, 0.05) is 32.2 Å². The van der Waals surface area contributed by atoms with Gasteiger partial charge in [-0.3, -0.25) is 9.69 Å². The highest BCUT2D eigenvalue weighted by atomic mass is 16.2. The van der Waals surface area contributed by atoms with E-state index in [-0.39, 0.29) is 5.91 Å². The van der Waals surface area contributed by atoms with Crippen molar-refractivity contribution >= 4 is 5.91 Å². The van der Waals surface area contributed by atoms with Crippen LogP contribution in [0, 0.1) is 5.92 Å². The Labute approximate surface area is 111 Å². The molecule has 2 atom stereocenters. The third-order valence-electron chi connectivity index (χ3n) is 3.75. The molecule has 0 radical (unpaired) electrons. The molecule has 1 heterocycles. The molecule has 1 amide bonds. The molecular formula is C14H29N3O. The Hall–Kier alpha value is -0.610. The first-order chi connectivity index (χ1) is 8.58. The molecule has 0 spiro atoms. The average molecular weight is 255 g/mol. The van der Waals surface area contributed by atoms with E-state index < -0.39 is 0 Å². The lowest BCUT2D eigenvalue weighted by Gasteiger charge is -2.35. The van der Waals surface area contributed by atoms with E-state index in [4.69, 9.17) is 5.73 Å². The van der Waals surface area contributed by atoms with Crippen molar-refractivity contribution in [3.05, 3.63) is 0 Å². The lowest BCUT2D eigenvalue weighted by Crippen LogP contribution is -2.49. The van der Waals surface area contributed by atoms with Crippen molar-refractivity contribution in [2.45, 2.75) is 46.1 Å². The van der Waals surface area contributed by atoms with Gasteiger partial charge in [0.1, 0.15) is 0 Å². The normalized spacial score (nSPS) is 25.1. The molecule has 0 aromatic rings. The molecule has 1 rings (SSSR count). The fourth-order valence-electron chi connectivity index (χ4n) is 2.59.